The number of hydrogen-bond donors (Lipinski definition) is 1. The van der Waals surface area contributed by atoms with Gasteiger partial charge in [0.2, 0.25) is 5.91 Å². The minimum absolute atomic E-state index is 0.132. The number of carbonyl (C=O) groups is 1. The number of nitrogens with one attached hydrogen (secondary N) is 1. The number of imidazole rings is 1. The van der Waals surface area contributed by atoms with E-state index in [0.717, 1.165) is 40.2 Å². The molecule has 2 aromatic carbocycles. The van der Waals surface area contributed by atoms with Crippen LogP contribution in [0, 0.1) is 6.92 Å². The number of carbonyl (C=O) groups excluding carboxylic acids is 1. The van der Waals surface area contributed by atoms with Gasteiger partial charge in [-0.25, -0.2) is 4.98 Å². The van der Waals surface area contributed by atoms with Gasteiger partial charge in [0.1, 0.15) is 11.9 Å². The van der Waals surface area contributed by atoms with Gasteiger partial charge in [-0.2, -0.15) is 0 Å². The van der Waals surface area contributed by atoms with Crippen LogP contribution in [0.15, 0.2) is 72.9 Å². The van der Waals surface area contributed by atoms with E-state index in [9.17, 15) is 4.79 Å². The summed E-state index contributed by atoms with van der Waals surface area (Å²) in [5.74, 6) is 1.06. The van der Waals surface area contributed by atoms with E-state index in [-0.39, 0.29) is 11.9 Å². The molecule has 3 aromatic heterocycles. The Hall–Kier alpha value is -3.93. The molecule has 0 bridgehead atoms. The largest absolute Gasteiger partial charge is 0.356 e. The van der Waals surface area contributed by atoms with E-state index >= 15 is 0 Å². The molecule has 0 saturated heterocycles. The Bertz CT molecular complexity index is 1470. The van der Waals surface area contributed by atoms with Gasteiger partial charge < -0.3 is 14.5 Å². The van der Waals surface area contributed by atoms with Gasteiger partial charge in [-0.15, -0.1) is 0 Å². The average molecular weight is 436 g/mol. The van der Waals surface area contributed by atoms with Gasteiger partial charge in [-0.3, -0.25) is 9.78 Å². The van der Waals surface area contributed by atoms with Crippen LogP contribution in [0.25, 0.3) is 21.9 Å². The molecule has 6 rings (SSSR count). The summed E-state index contributed by atoms with van der Waals surface area (Å²) >= 11 is 0. The van der Waals surface area contributed by atoms with Crippen molar-refractivity contribution in [3.8, 4) is 0 Å². The van der Waals surface area contributed by atoms with Crippen molar-refractivity contribution in [2.75, 3.05) is 6.54 Å². The minimum Gasteiger partial charge on any atom is -0.356 e. The lowest BCUT2D eigenvalue weighted by Gasteiger charge is -2.35. The molecule has 1 unspecified atom stereocenters. The van der Waals surface area contributed by atoms with Crippen molar-refractivity contribution in [2.45, 2.75) is 32.4 Å². The van der Waals surface area contributed by atoms with E-state index in [0.29, 0.717) is 19.5 Å². The summed E-state index contributed by atoms with van der Waals surface area (Å²) < 4.78 is 2.14. The fourth-order valence-corrected chi connectivity index (χ4v) is 5.18. The van der Waals surface area contributed by atoms with Crippen molar-refractivity contribution in [2.24, 2.45) is 0 Å². The second-order valence-electron chi connectivity index (χ2n) is 8.61. The normalized spacial score (nSPS) is 15.8. The van der Waals surface area contributed by atoms with Gasteiger partial charge in [-0.05, 0) is 49.2 Å². The molecule has 1 atom stereocenters. The molecular formula is C27H25N5O. The molecule has 6 heteroatoms. The zero-order valence-electron chi connectivity index (χ0n) is 18.5. The monoisotopic (exact) mass is 435 g/mol. The third-order valence-electron chi connectivity index (χ3n) is 6.72. The van der Waals surface area contributed by atoms with Crippen LogP contribution in [-0.4, -0.2) is 36.9 Å². The molecule has 0 radical (unpaired) electrons. The molecule has 5 aromatic rings. The summed E-state index contributed by atoms with van der Waals surface area (Å²) in [5, 5.41) is 1.24. The maximum absolute atomic E-state index is 13.6. The summed E-state index contributed by atoms with van der Waals surface area (Å²) in [6, 6.07) is 22.2. The number of para-hydroxylation sites is 3. The number of hydrogen-bond acceptors (Lipinski definition) is 3. The number of rotatable bonds is 4. The molecule has 1 N–H and O–H groups in total. The number of benzene rings is 2. The van der Waals surface area contributed by atoms with E-state index < -0.39 is 0 Å². The standard InChI is InChI=1S/C27H25N5O/c1-18-29-22-10-4-5-12-24(22)31(18)17-14-25(33)32-16-13-20-19-8-2-3-9-21(19)30-26(20)27(32)23-11-6-7-15-28-23/h2-12,15,27,30H,13-14,16-17H2,1H3. The van der Waals surface area contributed by atoms with Gasteiger partial charge >= 0.3 is 0 Å². The van der Waals surface area contributed by atoms with E-state index in [1.807, 2.05) is 54.3 Å². The number of aromatic nitrogens is 4. The quantitative estimate of drug-likeness (QED) is 0.442. The van der Waals surface area contributed by atoms with Crippen molar-refractivity contribution in [3.05, 3.63) is 95.7 Å². The van der Waals surface area contributed by atoms with Crippen molar-refractivity contribution in [1.29, 1.82) is 0 Å². The summed E-state index contributed by atoms with van der Waals surface area (Å²) in [6.07, 6.45) is 3.05. The Kier molecular flexibility index (Phi) is 4.72. The summed E-state index contributed by atoms with van der Waals surface area (Å²) in [4.78, 5) is 28.5. The molecule has 6 nitrogen and oxygen atoms in total. The van der Waals surface area contributed by atoms with Crippen molar-refractivity contribution in [3.63, 3.8) is 0 Å². The molecule has 1 aliphatic heterocycles. The third kappa shape index (κ3) is 3.30. The van der Waals surface area contributed by atoms with Crippen LogP contribution in [0.2, 0.25) is 0 Å². The van der Waals surface area contributed by atoms with Crippen LogP contribution >= 0.6 is 0 Å². The molecule has 4 heterocycles. The number of aromatic amines is 1. The number of H-pyrrole nitrogens is 1. The maximum Gasteiger partial charge on any atom is 0.225 e. The predicted octanol–water partition coefficient (Wildman–Crippen LogP) is 4.79. The second-order valence-corrected chi connectivity index (χ2v) is 8.61. The number of aryl methyl sites for hydroxylation is 2. The Morgan fingerprint density at radius 1 is 1.06 bits per heavy atom. The van der Waals surface area contributed by atoms with Crippen molar-refractivity contribution in [1.82, 2.24) is 24.4 Å². The van der Waals surface area contributed by atoms with E-state index in [2.05, 4.69) is 43.8 Å². The fraction of sp³-hybridized carbons (Fsp3) is 0.222. The average Bonchev–Trinajstić information content (AvgIpc) is 3.39. The Morgan fingerprint density at radius 2 is 1.88 bits per heavy atom. The molecule has 0 spiro atoms. The lowest BCUT2D eigenvalue weighted by atomic mass is 9.94. The second kappa shape index (κ2) is 7.89. The summed E-state index contributed by atoms with van der Waals surface area (Å²) in [5.41, 5.74) is 6.41. The lowest BCUT2D eigenvalue weighted by Crippen LogP contribution is -2.41. The molecule has 0 fully saturated rings. The summed E-state index contributed by atoms with van der Waals surface area (Å²) in [6.45, 7) is 3.29. The molecule has 164 valence electrons. The van der Waals surface area contributed by atoms with Crippen LogP contribution in [0.5, 0.6) is 0 Å². The van der Waals surface area contributed by atoms with E-state index in [1.54, 1.807) is 6.20 Å². The Morgan fingerprint density at radius 3 is 2.76 bits per heavy atom. The highest BCUT2D eigenvalue weighted by Gasteiger charge is 2.35. The number of nitrogens with zero attached hydrogens (tertiary/aromatic N) is 4. The summed E-state index contributed by atoms with van der Waals surface area (Å²) in [7, 11) is 0. The van der Waals surface area contributed by atoms with Crippen LogP contribution in [-0.2, 0) is 17.8 Å². The molecule has 0 saturated carbocycles. The first kappa shape index (κ1) is 19.7. The minimum atomic E-state index is -0.213. The SMILES string of the molecule is Cc1nc2ccccc2n1CCC(=O)N1CCc2c([nH]c3ccccc23)C1c1ccccn1. The highest BCUT2D eigenvalue weighted by atomic mass is 16.2. The highest BCUT2D eigenvalue weighted by Crippen LogP contribution is 2.38. The van der Waals surface area contributed by atoms with Gasteiger partial charge in [0.25, 0.3) is 0 Å². The third-order valence-corrected chi connectivity index (χ3v) is 6.72. The Labute approximate surface area is 191 Å². The van der Waals surface area contributed by atoms with Crippen molar-refractivity contribution < 1.29 is 4.79 Å². The van der Waals surface area contributed by atoms with E-state index in [1.165, 1.54) is 10.9 Å². The van der Waals surface area contributed by atoms with Crippen LogP contribution in [0.3, 0.4) is 0 Å². The van der Waals surface area contributed by atoms with Gasteiger partial charge in [0.15, 0.2) is 0 Å². The lowest BCUT2D eigenvalue weighted by molar-refractivity contribution is -0.133. The van der Waals surface area contributed by atoms with Crippen LogP contribution in [0.1, 0.15) is 35.2 Å². The fourth-order valence-electron chi connectivity index (χ4n) is 5.18. The van der Waals surface area contributed by atoms with Crippen molar-refractivity contribution >= 4 is 27.8 Å². The molecule has 1 aliphatic rings. The first-order chi connectivity index (χ1) is 16.2. The molecule has 1 amide bonds. The zero-order valence-corrected chi connectivity index (χ0v) is 18.5. The van der Waals surface area contributed by atoms with Gasteiger partial charge in [-0.1, -0.05) is 36.4 Å². The van der Waals surface area contributed by atoms with Gasteiger partial charge in [0, 0.05) is 42.3 Å². The van der Waals surface area contributed by atoms with Crippen LogP contribution < -0.4 is 0 Å². The van der Waals surface area contributed by atoms with Gasteiger partial charge in [0.05, 0.1) is 16.7 Å². The molecule has 0 aliphatic carbocycles. The number of amides is 1. The predicted molar refractivity (Wildman–Crippen MR) is 129 cm³/mol. The first-order valence-corrected chi connectivity index (χ1v) is 11.4. The maximum atomic E-state index is 13.6. The molecule has 33 heavy (non-hydrogen) atoms. The highest BCUT2D eigenvalue weighted by molar-refractivity contribution is 5.86. The van der Waals surface area contributed by atoms with Crippen LogP contribution in [0.4, 0.5) is 0 Å². The number of fused-ring (bicyclic) bond motifs is 4. The smallest absolute Gasteiger partial charge is 0.225 e. The first-order valence-electron chi connectivity index (χ1n) is 11.4. The van der Waals surface area contributed by atoms with E-state index in [4.69, 9.17) is 0 Å². The Balaban J connectivity index is 1.34. The topological polar surface area (TPSA) is 66.8 Å². The zero-order chi connectivity index (χ0) is 22.4. The molecular weight excluding hydrogens is 410 g/mol. The number of pyridine rings is 1.